The number of hydrogen-bond acceptors (Lipinski definition) is 5. The van der Waals surface area contributed by atoms with E-state index in [0.717, 1.165) is 44.0 Å². The van der Waals surface area contributed by atoms with E-state index in [1.807, 2.05) is 18.2 Å². The fourth-order valence-corrected chi connectivity index (χ4v) is 3.72. The van der Waals surface area contributed by atoms with Gasteiger partial charge in [-0.25, -0.2) is 13.6 Å². The Bertz CT molecular complexity index is 954. The van der Waals surface area contributed by atoms with Crippen LogP contribution in [0.4, 0.5) is 0 Å². The Kier molecular flexibility index (Phi) is 6.46. The standard InChI is InChI=1S/C20H25N3O4S/c1-15-6-7-18(28(21,25)26)12-19(15)20(24)22-13-16-4-2-3-5-17(16)14-23-8-10-27-11-9-23/h2-7,12H,8-11,13-14H2,1H3,(H,22,24)(H2,21,25,26). The summed E-state index contributed by atoms with van der Waals surface area (Å²) in [7, 11) is -3.86. The molecule has 28 heavy (non-hydrogen) atoms. The quantitative estimate of drug-likeness (QED) is 0.759. The summed E-state index contributed by atoms with van der Waals surface area (Å²) in [5.74, 6) is -0.329. The first kappa shape index (κ1) is 20.5. The molecule has 1 amide bonds. The minimum absolute atomic E-state index is 0.0732. The molecule has 3 N–H and O–H groups in total. The predicted molar refractivity (Wildman–Crippen MR) is 106 cm³/mol. The molecule has 0 bridgehead atoms. The third-order valence-corrected chi connectivity index (χ3v) is 5.75. The molecule has 7 nitrogen and oxygen atoms in total. The van der Waals surface area contributed by atoms with Gasteiger partial charge in [-0.15, -0.1) is 0 Å². The molecule has 0 atom stereocenters. The average Bonchev–Trinajstić information content (AvgIpc) is 2.67. The van der Waals surface area contributed by atoms with Crippen molar-refractivity contribution < 1.29 is 17.9 Å². The summed E-state index contributed by atoms with van der Waals surface area (Å²) in [5.41, 5.74) is 3.17. The molecule has 0 spiro atoms. The van der Waals surface area contributed by atoms with E-state index < -0.39 is 10.0 Å². The number of benzene rings is 2. The van der Waals surface area contributed by atoms with E-state index in [1.165, 1.54) is 12.1 Å². The van der Waals surface area contributed by atoms with Crippen molar-refractivity contribution in [2.75, 3.05) is 26.3 Å². The molecule has 0 radical (unpaired) electrons. The van der Waals surface area contributed by atoms with Gasteiger partial charge in [0.2, 0.25) is 10.0 Å². The Hall–Kier alpha value is -2.26. The van der Waals surface area contributed by atoms with Crippen molar-refractivity contribution in [1.82, 2.24) is 10.2 Å². The Morgan fingerprint density at radius 3 is 2.50 bits per heavy atom. The summed E-state index contributed by atoms with van der Waals surface area (Å²) in [4.78, 5) is 14.9. The molecule has 0 aromatic heterocycles. The zero-order chi connectivity index (χ0) is 20.1. The van der Waals surface area contributed by atoms with E-state index in [1.54, 1.807) is 13.0 Å². The molecule has 1 fully saturated rings. The second kappa shape index (κ2) is 8.83. The number of amides is 1. The van der Waals surface area contributed by atoms with Crippen molar-refractivity contribution in [1.29, 1.82) is 0 Å². The monoisotopic (exact) mass is 403 g/mol. The van der Waals surface area contributed by atoms with Crippen LogP contribution in [-0.2, 0) is 27.8 Å². The molecule has 1 heterocycles. The molecule has 2 aromatic carbocycles. The highest BCUT2D eigenvalue weighted by atomic mass is 32.2. The highest BCUT2D eigenvalue weighted by molar-refractivity contribution is 7.89. The van der Waals surface area contributed by atoms with E-state index in [-0.39, 0.29) is 10.8 Å². The highest BCUT2D eigenvalue weighted by Gasteiger charge is 2.16. The smallest absolute Gasteiger partial charge is 0.251 e. The lowest BCUT2D eigenvalue weighted by Gasteiger charge is -2.27. The SMILES string of the molecule is Cc1ccc(S(N)(=O)=O)cc1C(=O)NCc1ccccc1CN1CCOCC1. The minimum atomic E-state index is -3.86. The fourth-order valence-electron chi connectivity index (χ4n) is 3.18. The molecular weight excluding hydrogens is 378 g/mol. The first-order valence-electron chi connectivity index (χ1n) is 9.13. The van der Waals surface area contributed by atoms with Crippen LogP contribution in [0.2, 0.25) is 0 Å². The number of hydrogen-bond donors (Lipinski definition) is 2. The molecule has 0 saturated carbocycles. The van der Waals surface area contributed by atoms with Crippen molar-refractivity contribution in [2.45, 2.75) is 24.9 Å². The van der Waals surface area contributed by atoms with Crippen LogP contribution in [0.3, 0.4) is 0 Å². The van der Waals surface area contributed by atoms with E-state index in [0.29, 0.717) is 17.7 Å². The molecule has 0 unspecified atom stereocenters. The summed E-state index contributed by atoms with van der Waals surface area (Å²) in [6.45, 7) is 6.17. The lowest BCUT2D eigenvalue weighted by atomic mass is 10.1. The number of sulfonamides is 1. The molecule has 150 valence electrons. The molecule has 1 aliphatic heterocycles. The molecule has 1 saturated heterocycles. The van der Waals surface area contributed by atoms with Gasteiger partial charge in [0.15, 0.2) is 0 Å². The third-order valence-electron chi connectivity index (χ3n) is 4.84. The van der Waals surface area contributed by atoms with Crippen molar-refractivity contribution in [3.63, 3.8) is 0 Å². The van der Waals surface area contributed by atoms with E-state index in [9.17, 15) is 13.2 Å². The van der Waals surface area contributed by atoms with Gasteiger partial charge in [-0.1, -0.05) is 30.3 Å². The van der Waals surface area contributed by atoms with Crippen molar-refractivity contribution in [3.05, 3.63) is 64.7 Å². The van der Waals surface area contributed by atoms with E-state index in [2.05, 4.69) is 16.3 Å². The topological polar surface area (TPSA) is 102 Å². The summed E-state index contributed by atoms with van der Waals surface area (Å²) >= 11 is 0. The minimum Gasteiger partial charge on any atom is -0.379 e. The normalized spacial score (nSPS) is 15.4. The first-order chi connectivity index (χ1) is 13.3. The predicted octanol–water partition coefficient (Wildman–Crippen LogP) is 1.40. The highest BCUT2D eigenvalue weighted by Crippen LogP contribution is 2.16. The number of nitrogens with zero attached hydrogens (tertiary/aromatic N) is 1. The van der Waals surface area contributed by atoms with E-state index >= 15 is 0 Å². The first-order valence-corrected chi connectivity index (χ1v) is 10.7. The Labute approximate surface area is 165 Å². The number of primary sulfonamides is 1. The molecule has 1 aliphatic rings. The Morgan fingerprint density at radius 2 is 1.82 bits per heavy atom. The van der Waals surface area contributed by atoms with Gasteiger partial charge in [0.25, 0.3) is 5.91 Å². The number of aryl methyl sites for hydroxylation is 1. The number of carbonyl (C=O) groups excluding carboxylic acids is 1. The second-order valence-electron chi connectivity index (χ2n) is 6.86. The second-order valence-corrected chi connectivity index (χ2v) is 8.42. The maximum absolute atomic E-state index is 12.6. The number of rotatable bonds is 6. The number of carbonyl (C=O) groups is 1. The zero-order valence-corrected chi connectivity index (χ0v) is 16.7. The third kappa shape index (κ3) is 5.17. The van der Waals surface area contributed by atoms with Gasteiger partial charge >= 0.3 is 0 Å². The number of nitrogens with one attached hydrogen (secondary N) is 1. The molecule has 2 aromatic rings. The number of morpholine rings is 1. The summed E-state index contributed by atoms with van der Waals surface area (Å²) in [6, 6.07) is 12.3. The van der Waals surface area contributed by atoms with Crippen LogP contribution in [0.1, 0.15) is 27.0 Å². The van der Waals surface area contributed by atoms with Crippen LogP contribution in [0.25, 0.3) is 0 Å². The van der Waals surface area contributed by atoms with Crippen molar-refractivity contribution >= 4 is 15.9 Å². The van der Waals surface area contributed by atoms with Crippen LogP contribution < -0.4 is 10.5 Å². The summed E-state index contributed by atoms with van der Waals surface area (Å²) in [6.07, 6.45) is 0. The largest absolute Gasteiger partial charge is 0.379 e. The van der Waals surface area contributed by atoms with Gasteiger partial charge in [0.05, 0.1) is 18.1 Å². The summed E-state index contributed by atoms with van der Waals surface area (Å²) in [5, 5.41) is 8.07. The average molecular weight is 404 g/mol. The molecule has 8 heteroatoms. The molecular formula is C20H25N3O4S. The Morgan fingerprint density at radius 1 is 1.14 bits per heavy atom. The van der Waals surface area contributed by atoms with Crippen molar-refractivity contribution in [3.8, 4) is 0 Å². The molecule has 0 aliphatic carbocycles. The maximum Gasteiger partial charge on any atom is 0.251 e. The van der Waals surface area contributed by atoms with Crippen LogP contribution in [0.5, 0.6) is 0 Å². The fraction of sp³-hybridized carbons (Fsp3) is 0.350. The summed E-state index contributed by atoms with van der Waals surface area (Å²) < 4.78 is 28.5. The lowest BCUT2D eigenvalue weighted by molar-refractivity contribution is 0.0340. The van der Waals surface area contributed by atoms with Gasteiger partial charge in [-0.3, -0.25) is 9.69 Å². The maximum atomic E-state index is 12.6. The zero-order valence-electron chi connectivity index (χ0n) is 15.8. The van der Waals surface area contributed by atoms with Crippen LogP contribution in [0, 0.1) is 6.92 Å². The van der Waals surface area contributed by atoms with Crippen molar-refractivity contribution in [2.24, 2.45) is 5.14 Å². The number of nitrogens with two attached hydrogens (primary N) is 1. The van der Waals surface area contributed by atoms with Gasteiger partial charge in [-0.05, 0) is 35.7 Å². The Balaban J connectivity index is 1.71. The van der Waals surface area contributed by atoms with Gasteiger partial charge in [-0.2, -0.15) is 0 Å². The van der Waals surface area contributed by atoms with Gasteiger partial charge in [0.1, 0.15) is 0 Å². The van der Waals surface area contributed by atoms with Crippen LogP contribution in [0.15, 0.2) is 47.4 Å². The van der Waals surface area contributed by atoms with Gasteiger partial charge < -0.3 is 10.1 Å². The molecule has 3 rings (SSSR count). The van der Waals surface area contributed by atoms with Crippen LogP contribution >= 0.6 is 0 Å². The van der Waals surface area contributed by atoms with E-state index in [4.69, 9.17) is 9.88 Å². The van der Waals surface area contributed by atoms with Crippen LogP contribution in [-0.4, -0.2) is 45.5 Å². The van der Waals surface area contributed by atoms with Gasteiger partial charge in [0, 0.05) is 31.7 Å². The number of ether oxygens (including phenoxy) is 1. The lowest BCUT2D eigenvalue weighted by Crippen LogP contribution is -2.36.